The van der Waals surface area contributed by atoms with Gasteiger partial charge in [0, 0.05) is 10.0 Å². The molecule has 2 nitrogen and oxygen atoms in total. The van der Waals surface area contributed by atoms with Crippen molar-refractivity contribution in [1.82, 2.24) is 0 Å². The monoisotopic (exact) mass is 305 g/mol. The minimum absolute atomic E-state index is 0.294. The summed E-state index contributed by atoms with van der Waals surface area (Å²) < 4.78 is 19.1. The Morgan fingerprint density at radius 1 is 1.22 bits per heavy atom. The molecule has 0 aromatic heterocycles. The molecular formula is C14H9BrFNO. The second-order valence-corrected chi connectivity index (χ2v) is 4.52. The van der Waals surface area contributed by atoms with E-state index in [1.165, 1.54) is 12.1 Å². The highest BCUT2D eigenvalue weighted by molar-refractivity contribution is 9.10. The molecule has 2 aromatic carbocycles. The number of hydrogen-bond acceptors (Lipinski definition) is 2. The van der Waals surface area contributed by atoms with Crippen LogP contribution in [-0.2, 0) is 6.61 Å². The van der Waals surface area contributed by atoms with Crippen LogP contribution in [0.4, 0.5) is 4.39 Å². The van der Waals surface area contributed by atoms with Gasteiger partial charge in [-0.15, -0.1) is 0 Å². The maximum atomic E-state index is 12.9. The van der Waals surface area contributed by atoms with Crippen molar-refractivity contribution in [3.05, 3.63) is 63.9 Å². The molecule has 0 bridgehead atoms. The number of rotatable bonds is 3. The van der Waals surface area contributed by atoms with Crippen LogP contribution in [0.25, 0.3) is 0 Å². The van der Waals surface area contributed by atoms with Crippen LogP contribution in [-0.4, -0.2) is 0 Å². The Morgan fingerprint density at radius 3 is 2.78 bits per heavy atom. The highest BCUT2D eigenvalue weighted by Crippen LogP contribution is 2.21. The quantitative estimate of drug-likeness (QED) is 0.857. The molecule has 90 valence electrons. The van der Waals surface area contributed by atoms with Crippen molar-refractivity contribution >= 4 is 15.9 Å². The first-order valence-electron chi connectivity index (χ1n) is 5.26. The van der Waals surface area contributed by atoms with Gasteiger partial charge in [0.25, 0.3) is 0 Å². The predicted molar refractivity (Wildman–Crippen MR) is 69.6 cm³/mol. The number of halogens is 2. The molecule has 18 heavy (non-hydrogen) atoms. The van der Waals surface area contributed by atoms with Gasteiger partial charge in [-0.3, -0.25) is 0 Å². The molecule has 0 spiro atoms. The van der Waals surface area contributed by atoms with E-state index in [1.807, 2.05) is 6.07 Å². The van der Waals surface area contributed by atoms with E-state index in [4.69, 9.17) is 10.00 Å². The third-order valence-electron chi connectivity index (χ3n) is 2.37. The van der Waals surface area contributed by atoms with Gasteiger partial charge in [0.15, 0.2) is 0 Å². The van der Waals surface area contributed by atoms with E-state index in [0.717, 1.165) is 5.56 Å². The molecule has 0 N–H and O–H groups in total. The molecule has 4 heteroatoms. The summed E-state index contributed by atoms with van der Waals surface area (Å²) in [6, 6.07) is 13.4. The van der Waals surface area contributed by atoms with Gasteiger partial charge < -0.3 is 4.74 Å². The zero-order chi connectivity index (χ0) is 13.0. The standard InChI is InChI=1S/C14H9BrFNO/c15-14-7-12(16)5-4-11(14)9-18-13-3-1-2-10(6-13)8-17/h1-7H,9H2. The van der Waals surface area contributed by atoms with E-state index in [1.54, 1.807) is 30.3 Å². The maximum absolute atomic E-state index is 12.9. The molecule has 0 heterocycles. The molecule has 0 radical (unpaired) electrons. The molecule has 0 atom stereocenters. The first-order valence-corrected chi connectivity index (χ1v) is 6.05. The SMILES string of the molecule is N#Cc1cccc(OCc2ccc(F)cc2Br)c1. The van der Waals surface area contributed by atoms with Gasteiger partial charge in [0.2, 0.25) is 0 Å². The van der Waals surface area contributed by atoms with Crippen molar-refractivity contribution in [2.45, 2.75) is 6.61 Å². The minimum atomic E-state index is -0.294. The number of hydrogen-bond donors (Lipinski definition) is 0. The van der Waals surface area contributed by atoms with E-state index < -0.39 is 0 Å². The molecule has 2 aromatic rings. The van der Waals surface area contributed by atoms with E-state index in [2.05, 4.69) is 15.9 Å². The first-order chi connectivity index (χ1) is 8.69. The Balaban J connectivity index is 2.09. The fourth-order valence-electron chi connectivity index (χ4n) is 1.46. The average molecular weight is 306 g/mol. The van der Waals surface area contributed by atoms with Crippen LogP contribution in [0, 0.1) is 17.1 Å². The minimum Gasteiger partial charge on any atom is -0.489 e. The number of ether oxygens (including phenoxy) is 1. The highest BCUT2D eigenvalue weighted by atomic mass is 79.9. The lowest BCUT2D eigenvalue weighted by atomic mass is 10.2. The van der Waals surface area contributed by atoms with Crippen molar-refractivity contribution in [1.29, 1.82) is 5.26 Å². The van der Waals surface area contributed by atoms with Gasteiger partial charge in [0.1, 0.15) is 18.2 Å². The second kappa shape index (κ2) is 5.65. The summed E-state index contributed by atoms with van der Waals surface area (Å²) in [4.78, 5) is 0. The summed E-state index contributed by atoms with van der Waals surface area (Å²) in [5, 5.41) is 8.77. The van der Waals surface area contributed by atoms with E-state index in [0.29, 0.717) is 22.4 Å². The zero-order valence-corrected chi connectivity index (χ0v) is 10.9. The third kappa shape index (κ3) is 3.08. The molecule has 0 unspecified atom stereocenters. The van der Waals surface area contributed by atoms with Crippen molar-refractivity contribution in [2.24, 2.45) is 0 Å². The Bertz CT molecular complexity index is 607. The van der Waals surface area contributed by atoms with Crippen LogP contribution < -0.4 is 4.74 Å². The average Bonchev–Trinajstić information content (AvgIpc) is 2.38. The van der Waals surface area contributed by atoms with E-state index in [-0.39, 0.29) is 5.82 Å². The lowest BCUT2D eigenvalue weighted by Gasteiger charge is -2.08. The molecule has 0 aliphatic heterocycles. The zero-order valence-electron chi connectivity index (χ0n) is 9.36. The molecule has 0 saturated heterocycles. The number of benzene rings is 2. The van der Waals surface area contributed by atoms with Crippen molar-refractivity contribution in [2.75, 3.05) is 0 Å². The van der Waals surface area contributed by atoms with Crippen molar-refractivity contribution in [3.63, 3.8) is 0 Å². The summed E-state index contributed by atoms with van der Waals surface area (Å²) in [5.41, 5.74) is 1.39. The van der Waals surface area contributed by atoms with Crippen LogP contribution >= 0.6 is 15.9 Å². The Morgan fingerprint density at radius 2 is 2.06 bits per heavy atom. The van der Waals surface area contributed by atoms with Gasteiger partial charge in [-0.25, -0.2) is 4.39 Å². The van der Waals surface area contributed by atoms with Gasteiger partial charge in [-0.1, -0.05) is 28.1 Å². The molecule has 0 amide bonds. The molecule has 2 rings (SSSR count). The summed E-state index contributed by atoms with van der Waals surface area (Å²) >= 11 is 3.28. The molecule has 0 saturated carbocycles. The van der Waals surface area contributed by atoms with Gasteiger partial charge >= 0.3 is 0 Å². The fourth-order valence-corrected chi connectivity index (χ4v) is 1.92. The maximum Gasteiger partial charge on any atom is 0.124 e. The molecule has 0 fully saturated rings. The summed E-state index contributed by atoms with van der Waals surface area (Å²) in [6.07, 6.45) is 0. The van der Waals surface area contributed by atoms with Crippen LogP contribution in [0.5, 0.6) is 5.75 Å². The highest BCUT2D eigenvalue weighted by Gasteiger charge is 2.03. The Labute approximate surface area is 113 Å². The normalized spacial score (nSPS) is 9.83. The largest absolute Gasteiger partial charge is 0.489 e. The molecule has 0 aliphatic carbocycles. The van der Waals surface area contributed by atoms with Gasteiger partial charge in [-0.05, 0) is 30.3 Å². The van der Waals surface area contributed by atoms with Crippen LogP contribution in [0.3, 0.4) is 0 Å². The second-order valence-electron chi connectivity index (χ2n) is 3.66. The lowest BCUT2D eigenvalue weighted by molar-refractivity contribution is 0.305. The smallest absolute Gasteiger partial charge is 0.124 e. The Hall–Kier alpha value is -1.86. The third-order valence-corrected chi connectivity index (χ3v) is 3.11. The van der Waals surface area contributed by atoms with Crippen molar-refractivity contribution in [3.8, 4) is 11.8 Å². The van der Waals surface area contributed by atoms with Crippen molar-refractivity contribution < 1.29 is 9.13 Å². The number of nitriles is 1. The van der Waals surface area contributed by atoms with E-state index in [9.17, 15) is 4.39 Å². The summed E-state index contributed by atoms with van der Waals surface area (Å²) in [7, 11) is 0. The topological polar surface area (TPSA) is 33.0 Å². The lowest BCUT2D eigenvalue weighted by Crippen LogP contribution is -1.97. The molecular weight excluding hydrogens is 297 g/mol. The van der Waals surface area contributed by atoms with Crippen LogP contribution in [0.15, 0.2) is 46.9 Å². The van der Waals surface area contributed by atoms with Crippen LogP contribution in [0.2, 0.25) is 0 Å². The number of nitrogens with zero attached hydrogens (tertiary/aromatic N) is 1. The van der Waals surface area contributed by atoms with Gasteiger partial charge in [0.05, 0.1) is 11.6 Å². The molecule has 0 aliphatic rings. The van der Waals surface area contributed by atoms with E-state index >= 15 is 0 Å². The van der Waals surface area contributed by atoms with Crippen LogP contribution in [0.1, 0.15) is 11.1 Å². The van der Waals surface area contributed by atoms with Gasteiger partial charge in [-0.2, -0.15) is 5.26 Å². The fraction of sp³-hybridized carbons (Fsp3) is 0.0714. The summed E-state index contributed by atoms with van der Waals surface area (Å²) in [6.45, 7) is 0.315. The first kappa shape index (κ1) is 12.6. The predicted octanol–water partition coefficient (Wildman–Crippen LogP) is 4.04. The summed E-state index contributed by atoms with van der Waals surface area (Å²) in [5.74, 6) is 0.322. The Kier molecular flexibility index (Phi) is 3.96.